The number of aliphatic hydroxyl groups excluding tert-OH is 1. The number of rotatable bonds is 7. The van der Waals surface area contributed by atoms with E-state index in [-0.39, 0.29) is 49.3 Å². The molecule has 0 amide bonds. The van der Waals surface area contributed by atoms with E-state index in [1.165, 1.54) is 5.01 Å². The van der Waals surface area contributed by atoms with E-state index in [0.29, 0.717) is 6.54 Å². The molecule has 0 atom stereocenters. The van der Waals surface area contributed by atoms with Gasteiger partial charge in [-0.2, -0.15) is 0 Å². The molecule has 6 heteroatoms. The second-order valence-electron chi connectivity index (χ2n) is 2.17. The fraction of sp³-hybridized carbons (Fsp3) is 0.571. The molecule has 0 unspecified atom stereocenters. The minimum atomic E-state index is -1.18. The monoisotopic (exact) mass is 196 g/mol. The number of hydrogen-bond acceptors (Lipinski definition) is 5. The van der Waals surface area contributed by atoms with Crippen LogP contribution in [0.25, 0.3) is 0 Å². The van der Waals surface area contributed by atoms with E-state index in [1.807, 2.05) is 0 Å². The van der Waals surface area contributed by atoms with Crippen LogP contribution in [0.4, 0.5) is 0 Å². The summed E-state index contributed by atoms with van der Waals surface area (Å²) in [6.07, 6.45) is 1.60. The predicted molar refractivity (Wildman–Crippen MR) is 41.9 cm³/mol. The van der Waals surface area contributed by atoms with Gasteiger partial charge in [0.05, 0.1) is 19.1 Å². The second-order valence-corrected chi connectivity index (χ2v) is 2.17. The summed E-state index contributed by atoms with van der Waals surface area (Å²) in [7, 11) is 0. The van der Waals surface area contributed by atoms with E-state index in [4.69, 9.17) is 5.11 Å². The van der Waals surface area contributed by atoms with Gasteiger partial charge >= 0.3 is 29.6 Å². The van der Waals surface area contributed by atoms with E-state index < -0.39 is 5.97 Å². The first-order valence-corrected chi connectivity index (χ1v) is 3.60. The van der Waals surface area contributed by atoms with Crippen molar-refractivity contribution in [3.63, 3.8) is 0 Å². The summed E-state index contributed by atoms with van der Waals surface area (Å²) in [5.41, 5.74) is 2.74. The zero-order chi connectivity index (χ0) is 9.40. The van der Waals surface area contributed by atoms with E-state index in [9.17, 15) is 9.90 Å². The molecule has 5 nitrogen and oxygen atoms in total. The van der Waals surface area contributed by atoms with Crippen LogP contribution in [-0.4, -0.2) is 42.3 Å². The summed E-state index contributed by atoms with van der Waals surface area (Å²) in [6.45, 7) is 3.83. The Morgan fingerprint density at radius 3 is 2.69 bits per heavy atom. The van der Waals surface area contributed by atoms with Gasteiger partial charge in [-0.25, -0.2) is 5.01 Å². The van der Waals surface area contributed by atoms with Gasteiger partial charge < -0.3 is 15.0 Å². The number of hydrazine groups is 1. The van der Waals surface area contributed by atoms with Crippen LogP contribution in [0.1, 0.15) is 0 Å². The van der Waals surface area contributed by atoms with Crippen LogP contribution in [0.2, 0.25) is 0 Å². The van der Waals surface area contributed by atoms with Gasteiger partial charge in [-0.05, 0) is 0 Å². The van der Waals surface area contributed by atoms with Crippen LogP contribution in [0.3, 0.4) is 0 Å². The van der Waals surface area contributed by atoms with Crippen molar-refractivity contribution in [3.05, 3.63) is 12.7 Å². The fourth-order valence-corrected chi connectivity index (χ4v) is 0.684. The topological polar surface area (TPSA) is 75.6 Å². The van der Waals surface area contributed by atoms with Gasteiger partial charge in [0.2, 0.25) is 0 Å². The van der Waals surface area contributed by atoms with E-state index in [0.717, 1.165) is 0 Å². The average Bonchev–Trinajstić information content (AvgIpc) is 2.00. The standard InChI is InChI=1S/C7H14N2O3.Na/c1-2-3-8-9(4-5-10)6-7(11)12;/h2,8,10H,1,3-6H2,(H,11,12);/q;+1/p-1. The maximum Gasteiger partial charge on any atom is 1.00 e. The van der Waals surface area contributed by atoms with Crippen molar-refractivity contribution in [2.75, 3.05) is 26.2 Å². The third kappa shape index (κ3) is 10.0. The average molecular weight is 196 g/mol. The van der Waals surface area contributed by atoms with Gasteiger partial charge in [0.1, 0.15) is 0 Å². The number of nitrogens with one attached hydrogen (secondary N) is 1. The van der Waals surface area contributed by atoms with Crippen molar-refractivity contribution in [2.24, 2.45) is 0 Å². The smallest absolute Gasteiger partial charge is 0.549 e. The number of carbonyl (C=O) groups excluding carboxylic acids is 1. The van der Waals surface area contributed by atoms with Gasteiger partial charge in [-0.1, -0.05) is 6.08 Å². The van der Waals surface area contributed by atoms with Crippen LogP contribution >= 0.6 is 0 Å². The van der Waals surface area contributed by atoms with Gasteiger partial charge in [0, 0.05) is 13.1 Å². The number of carboxylic acid groups (broad SMARTS) is 1. The normalized spacial score (nSPS) is 9.38. The van der Waals surface area contributed by atoms with Crippen LogP contribution in [-0.2, 0) is 4.79 Å². The molecule has 13 heavy (non-hydrogen) atoms. The molecule has 0 aromatic carbocycles. The van der Waals surface area contributed by atoms with E-state index >= 15 is 0 Å². The molecule has 0 aliphatic heterocycles. The first-order valence-electron chi connectivity index (χ1n) is 3.60. The van der Waals surface area contributed by atoms with Crippen LogP contribution in [0.5, 0.6) is 0 Å². The molecule has 0 spiro atoms. The molecule has 0 saturated carbocycles. The first kappa shape index (κ1) is 15.6. The number of nitrogens with zero attached hydrogens (tertiary/aromatic N) is 1. The molecule has 0 bridgehead atoms. The molecule has 0 heterocycles. The van der Waals surface area contributed by atoms with Crippen molar-refractivity contribution < 1.29 is 44.6 Å². The van der Waals surface area contributed by atoms with Crippen molar-refractivity contribution in [3.8, 4) is 0 Å². The number of carbonyl (C=O) groups is 1. The maximum atomic E-state index is 10.1. The van der Waals surface area contributed by atoms with Gasteiger partial charge in [-0.3, -0.25) is 5.43 Å². The molecular formula is C7H13N2NaO3. The Balaban J connectivity index is 0. The summed E-state index contributed by atoms with van der Waals surface area (Å²) < 4.78 is 0. The summed E-state index contributed by atoms with van der Waals surface area (Å²) in [4.78, 5) is 10.1. The fourth-order valence-electron chi connectivity index (χ4n) is 0.684. The molecular weight excluding hydrogens is 183 g/mol. The SMILES string of the molecule is C=CCNN(CCO)CC(=O)[O-].[Na+]. The molecule has 0 aliphatic rings. The van der Waals surface area contributed by atoms with Crippen molar-refractivity contribution >= 4 is 5.97 Å². The first-order chi connectivity index (χ1) is 5.70. The van der Waals surface area contributed by atoms with Gasteiger partial charge in [0.25, 0.3) is 0 Å². The van der Waals surface area contributed by atoms with E-state index in [2.05, 4.69) is 12.0 Å². The Bertz CT molecular complexity index is 155. The zero-order valence-electron chi connectivity index (χ0n) is 7.82. The second kappa shape index (κ2) is 10.2. The van der Waals surface area contributed by atoms with Gasteiger partial charge in [-0.15, -0.1) is 6.58 Å². The molecule has 0 aromatic rings. The number of carboxylic acids is 1. The van der Waals surface area contributed by atoms with E-state index in [1.54, 1.807) is 6.08 Å². The molecule has 70 valence electrons. The quantitative estimate of drug-likeness (QED) is 0.242. The Kier molecular flexibility index (Phi) is 12.2. The molecule has 0 aromatic heterocycles. The van der Waals surface area contributed by atoms with Gasteiger partial charge in [0.15, 0.2) is 0 Å². The van der Waals surface area contributed by atoms with Crippen LogP contribution in [0, 0.1) is 0 Å². The molecule has 0 saturated heterocycles. The Hall–Kier alpha value is 0.0900. The summed E-state index contributed by atoms with van der Waals surface area (Å²) in [5.74, 6) is -1.18. The Morgan fingerprint density at radius 2 is 2.31 bits per heavy atom. The third-order valence-electron chi connectivity index (χ3n) is 1.15. The predicted octanol–water partition coefficient (Wildman–Crippen LogP) is -5.27. The minimum absolute atomic E-state index is 0. The molecule has 0 aliphatic carbocycles. The Labute approximate surface area is 99.7 Å². The van der Waals surface area contributed by atoms with Crippen LogP contribution < -0.4 is 40.1 Å². The summed E-state index contributed by atoms with van der Waals surface area (Å²) in [5, 5.41) is 20.0. The summed E-state index contributed by atoms with van der Waals surface area (Å²) in [6, 6.07) is 0. The van der Waals surface area contributed by atoms with Crippen molar-refractivity contribution in [2.45, 2.75) is 0 Å². The molecule has 2 N–H and O–H groups in total. The maximum absolute atomic E-state index is 10.1. The number of hydrogen-bond donors (Lipinski definition) is 2. The number of aliphatic carboxylic acids is 1. The molecule has 0 radical (unpaired) electrons. The van der Waals surface area contributed by atoms with Crippen molar-refractivity contribution in [1.29, 1.82) is 0 Å². The zero-order valence-corrected chi connectivity index (χ0v) is 9.82. The molecule has 0 rings (SSSR count). The molecule has 0 fully saturated rings. The largest absolute Gasteiger partial charge is 1.00 e. The Morgan fingerprint density at radius 1 is 1.69 bits per heavy atom. The van der Waals surface area contributed by atoms with Crippen LogP contribution in [0.15, 0.2) is 12.7 Å². The summed E-state index contributed by atoms with van der Waals surface area (Å²) >= 11 is 0. The third-order valence-corrected chi connectivity index (χ3v) is 1.15. The number of aliphatic hydroxyl groups is 1. The van der Waals surface area contributed by atoms with Crippen molar-refractivity contribution in [1.82, 2.24) is 10.4 Å². The minimum Gasteiger partial charge on any atom is -0.549 e.